The first-order valence-electron chi connectivity index (χ1n) is 15.8. The van der Waals surface area contributed by atoms with E-state index in [0.717, 1.165) is 25.8 Å². The van der Waals surface area contributed by atoms with Crippen molar-refractivity contribution < 1.29 is 4.79 Å². The van der Waals surface area contributed by atoms with Crippen molar-refractivity contribution in [2.75, 3.05) is 6.54 Å². The molecule has 0 aliphatic rings. The second-order valence-electron chi connectivity index (χ2n) is 10.7. The Bertz CT molecular complexity index is 455. The Hall–Kier alpha value is -0.640. The van der Waals surface area contributed by atoms with E-state index in [1.165, 1.54) is 141 Å². The van der Waals surface area contributed by atoms with Gasteiger partial charge in [-0.1, -0.05) is 162 Å². The second-order valence-corrected chi connectivity index (χ2v) is 11.1. The average Bonchev–Trinajstić information content (AvgIpc) is 2.85. The predicted molar refractivity (Wildman–Crippen MR) is 160 cm³/mol. The van der Waals surface area contributed by atoms with Crippen molar-refractivity contribution in [3.8, 4) is 0 Å². The van der Waals surface area contributed by atoms with Gasteiger partial charge in [0.25, 0.3) is 0 Å². The highest BCUT2D eigenvalue weighted by molar-refractivity contribution is 7.80. The molecule has 0 aromatic rings. The van der Waals surface area contributed by atoms with E-state index in [9.17, 15) is 4.79 Å². The minimum absolute atomic E-state index is 0.0689. The van der Waals surface area contributed by atoms with Gasteiger partial charge in [-0.05, 0) is 25.1 Å². The monoisotopic (exact) mass is 510 g/mol. The van der Waals surface area contributed by atoms with Crippen molar-refractivity contribution in [3.05, 3.63) is 0 Å². The molecule has 0 bridgehead atoms. The molecule has 0 fully saturated rings. The molecule has 0 spiro atoms. The lowest BCUT2D eigenvalue weighted by atomic mass is 10.0. The highest BCUT2D eigenvalue weighted by Gasteiger charge is 2.04. The molecule has 0 rings (SSSR count). The number of hydrogen-bond acceptors (Lipinski definition) is 2. The van der Waals surface area contributed by atoms with Gasteiger partial charge in [-0.2, -0.15) is 0 Å². The van der Waals surface area contributed by atoms with Gasteiger partial charge in [-0.3, -0.25) is 4.79 Å². The van der Waals surface area contributed by atoms with Crippen molar-refractivity contribution in [3.63, 3.8) is 0 Å². The summed E-state index contributed by atoms with van der Waals surface area (Å²) >= 11 is 5.27. The Morgan fingerprint density at radius 3 is 1.17 bits per heavy atom. The number of unbranched alkanes of at least 4 members (excludes halogenated alkanes) is 23. The van der Waals surface area contributed by atoms with Crippen molar-refractivity contribution in [2.24, 2.45) is 0 Å². The third-order valence-electron chi connectivity index (χ3n) is 7.08. The third kappa shape index (κ3) is 29.5. The Kier molecular flexibility index (Phi) is 29.0. The fourth-order valence-electron chi connectivity index (χ4n) is 4.70. The lowest BCUT2D eigenvalue weighted by Gasteiger charge is -2.09. The Labute approximate surface area is 225 Å². The molecule has 0 aliphatic heterocycles. The number of thiocarbonyl (C=S) groups is 1. The maximum absolute atomic E-state index is 12.0. The smallest absolute Gasteiger partial charge is 0.226 e. The molecular weight excluding hydrogens is 448 g/mol. The van der Waals surface area contributed by atoms with Crippen molar-refractivity contribution in [2.45, 2.75) is 181 Å². The normalized spacial score (nSPS) is 11.0. The Morgan fingerprint density at radius 1 is 0.486 bits per heavy atom. The largest absolute Gasteiger partial charge is 0.362 e. The number of nitrogens with one attached hydrogen (secondary N) is 2. The number of carbonyl (C=O) groups excluding carboxylic acids is 1. The maximum atomic E-state index is 12.0. The van der Waals surface area contributed by atoms with Crippen LogP contribution in [0, 0.1) is 0 Å². The summed E-state index contributed by atoms with van der Waals surface area (Å²) in [7, 11) is 0. The molecule has 0 saturated heterocycles. The lowest BCUT2D eigenvalue weighted by molar-refractivity contribution is -0.119. The summed E-state index contributed by atoms with van der Waals surface area (Å²) in [6.07, 6.45) is 34.1. The van der Waals surface area contributed by atoms with Gasteiger partial charge in [0.1, 0.15) is 0 Å². The molecular formula is C31H62N2OS. The third-order valence-corrected chi connectivity index (χ3v) is 7.32. The first-order chi connectivity index (χ1) is 17.2. The molecule has 0 aromatic carbocycles. The molecule has 208 valence electrons. The molecule has 0 unspecified atom stereocenters. The Morgan fingerprint density at radius 2 is 0.800 bits per heavy atom. The lowest BCUT2D eigenvalue weighted by Crippen LogP contribution is -2.39. The molecule has 2 N–H and O–H groups in total. The summed E-state index contributed by atoms with van der Waals surface area (Å²) < 4.78 is 0. The van der Waals surface area contributed by atoms with Gasteiger partial charge in [-0.25, -0.2) is 0 Å². The minimum atomic E-state index is 0.0689. The molecule has 0 heterocycles. The summed E-state index contributed by atoms with van der Waals surface area (Å²) in [5, 5.41) is 6.55. The zero-order valence-corrected chi connectivity index (χ0v) is 24.7. The fraction of sp³-hybridized carbons (Fsp3) is 0.935. The minimum Gasteiger partial charge on any atom is -0.362 e. The van der Waals surface area contributed by atoms with Gasteiger partial charge in [-0.15, -0.1) is 0 Å². The summed E-state index contributed by atoms with van der Waals surface area (Å²) in [6.45, 7) is 5.42. The van der Waals surface area contributed by atoms with Crippen LogP contribution in [0.15, 0.2) is 0 Å². The van der Waals surface area contributed by atoms with E-state index in [0.29, 0.717) is 11.5 Å². The van der Waals surface area contributed by atoms with Crippen molar-refractivity contribution >= 4 is 23.2 Å². The van der Waals surface area contributed by atoms with Gasteiger partial charge in [0.15, 0.2) is 5.11 Å². The average molecular weight is 511 g/mol. The highest BCUT2D eigenvalue weighted by atomic mass is 32.1. The van der Waals surface area contributed by atoms with E-state index in [-0.39, 0.29) is 5.91 Å². The molecule has 0 aliphatic carbocycles. The van der Waals surface area contributed by atoms with Crippen LogP contribution < -0.4 is 10.6 Å². The highest BCUT2D eigenvalue weighted by Crippen LogP contribution is 2.13. The number of rotatable bonds is 27. The molecule has 4 heteroatoms. The standard InChI is InChI=1S/C31H62N2OS/c1-3-5-7-9-11-13-15-16-17-19-21-23-25-27-29-32-31(35)33-30(34)28-26-24-22-20-18-14-12-10-8-6-4-2/h3-29H2,1-2H3,(H2,32,33,34,35). The summed E-state index contributed by atoms with van der Waals surface area (Å²) in [6, 6.07) is 0. The molecule has 0 aromatic heterocycles. The molecule has 0 radical (unpaired) electrons. The van der Waals surface area contributed by atoms with Gasteiger partial charge in [0.05, 0.1) is 0 Å². The van der Waals surface area contributed by atoms with E-state index < -0.39 is 0 Å². The Balaban J connectivity index is 3.28. The van der Waals surface area contributed by atoms with Gasteiger partial charge in [0.2, 0.25) is 5.91 Å². The molecule has 35 heavy (non-hydrogen) atoms. The summed E-state index contributed by atoms with van der Waals surface area (Å²) in [4.78, 5) is 12.0. The topological polar surface area (TPSA) is 41.1 Å². The predicted octanol–water partition coefficient (Wildman–Crippen LogP) is 10.2. The van der Waals surface area contributed by atoms with Crippen LogP contribution in [-0.4, -0.2) is 17.6 Å². The van der Waals surface area contributed by atoms with Gasteiger partial charge >= 0.3 is 0 Å². The van der Waals surface area contributed by atoms with Gasteiger partial charge in [0, 0.05) is 13.0 Å². The van der Waals surface area contributed by atoms with E-state index in [1.807, 2.05) is 0 Å². The quantitative estimate of drug-likeness (QED) is 0.0853. The van der Waals surface area contributed by atoms with E-state index >= 15 is 0 Å². The molecule has 3 nitrogen and oxygen atoms in total. The van der Waals surface area contributed by atoms with Gasteiger partial charge < -0.3 is 10.6 Å². The second kappa shape index (κ2) is 29.6. The van der Waals surface area contributed by atoms with Crippen LogP contribution in [0.2, 0.25) is 0 Å². The SMILES string of the molecule is CCCCCCCCCCCCCCCCNC(=S)NC(=O)CCCCCCCCCCCCC. The zero-order chi connectivity index (χ0) is 25.7. The van der Waals surface area contributed by atoms with Crippen LogP contribution >= 0.6 is 12.2 Å². The molecule has 0 atom stereocenters. The van der Waals surface area contributed by atoms with E-state index in [1.54, 1.807) is 0 Å². The molecule has 0 saturated carbocycles. The van der Waals surface area contributed by atoms with E-state index in [2.05, 4.69) is 24.5 Å². The van der Waals surface area contributed by atoms with Crippen LogP contribution in [0.1, 0.15) is 181 Å². The number of carbonyl (C=O) groups is 1. The van der Waals surface area contributed by atoms with Crippen LogP contribution in [0.5, 0.6) is 0 Å². The fourth-order valence-corrected chi connectivity index (χ4v) is 4.92. The number of hydrogen-bond donors (Lipinski definition) is 2. The summed E-state index contributed by atoms with van der Waals surface area (Å²) in [5.74, 6) is 0.0689. The van der Waals surface area contributed by atoms with Crippen LogP contribution in [0.3, 0.4) is 0 Å². The molecule has 1 amide bonds. The van der Waals surface area contributed by atoms with Crippen LogP contribution in [0.4, 0.5) is 0 Å². The first-order valence-corrected chi connectivity index (χ1v) is 16.2. The first kappa shape index (κ1) is 34.4. The van der Waals surface area contributed by atoms with E-state index in [4.69, 9.17) is 12.2 Å². The number of amides is 1. The maximum Gasteiger partial charge on any atom is 0.226 e. The van der Waals surface area contributed by atoms with Crippen molar-refractivity contribution in [1.82, 2.24) is 10.6 Å². The van der Waals surface area contributed by atoms with Crippen molar-refractivity contribution in [1.29, 1.82) is 0 Å². The zero-order valence-electron chi connectivity index (χ0n) is 23.9. The van der Waals surface area contributed by atoms with Crippen LogP contribution in [0.25, 0.3) is 0 Å². The van der Waals surface area contributed by atoms with Crippen LogP contribution in [-0.2, 0) is 4.79 Å². The summed E-state index contributed by atoms with van der Waals surface area (Å²) in [5.41, 5.74) is 0.